The Labute approximate surface area is 166 Å². The summed E-state index contributed by atoms with van der Waals surface area (Å²) in [5, 5.41) is 17.2. The van der Waals surface area contributed by atoms with Crippen LogP contribution in [0.1, 0.15) is 24.6 Å². The number of nitrogens with zero attached hydrogens (tertiary/aromatic N) is 5. The first-order chi connectivity index (χ1) is 13.0. The fraction of sp³-hybridized carbons (Fsp3) is 0.333. The number of anilines is 1. The van der Waals surface area contributed by atoms with Crippen LogP contribution in [-0.4, -0.2) is 36.2 Å². The summed E-state index contributed by atoms with van der Waals surface area (Å²) in [5.41, 5.74) is 1.72. The summed E-state index contributed by atoms with van der Waals surface area (Å²) < 4.78 is 3.64. The van der Waals surface area contributed by atoms with Gasteiger partial charge >= 0.3 is 0 Å². The first-order valence-electron chi connectivity index (χ1n) is 8.63. The second-order valence-electron chi connectivity index (χ2n) is 6.56. The SMILES string of the molecule is Cn1nc(-c2ccc(Cl)cc2)cc1NC(=O)CSc1nnc(C2CC2)n1C. The van der Waals surface area contributed by atoms with Crippen molar-refractivity contribution in [2.75, 3.05) is 11.1 Å². The molecule has 1 N–H and O–H groups in total. The van der Waals surface area contributed by atoms with Gasteiger partial charge in [-0.25, -0.2) is 0 Å². The molecule has 1 fully saturated rings. The topological polar surface area (TPSA) is 77.6 Å². The van der Waals surface area contributed by atoms with Crippen molar-refractivity contribution in [2.45, 2.75) is 23.9 Å². The average Bonchev–Trinajstić information content (AvgIpc) is 3.33. The lowest BCUT2D eigenvalue weighted by Gasteiger charge is -2.05. The summed E-state index contributed by atoms with van der Waals surface area (Å²) in [7, 11) is 3.75. The van der Waals surface area contributed by atoms with E-state index in [9.17, 15) is 4.79 Å². The van der Waals surface area contributed by atoms with Gasteiger partial charge in [0.15, 0.2) is 5.16 Å². The van der Waals surface area contributed by atoms with Gasteiger partial charge < -0.3 is 9.88 Å². The first-order valence-corrected chi connectivity index (χ1v) is 9.99. The zero-order valence-electron chi connectivity index (χ0n) is 15.0. The third kappa shape index (κ3) is 4.01. The van der Waals surface area contributed by atoms with E-state index in [0.29, 0.717) is 16.8 Å². The second-order valence-corrected chi connectivity index (χ2v) is 7.94. The molecule has 2 aromatic heterocycles. The molecule has 3 aromatic rings. The van der Waals surface area contributed by atoms with Crippen LogP contribution in [0.2, 0.25) is 5.02 Å². The molecule has 0 spiro atoms. The molecule has 2 heterocycles. The van der Waals surface area contributed by atoms with E-state index in [2.05, 4.69) is 20.6 Å². The van der Waals surface area contributed by atoms with Crippen molar-refractivity contribution in [1.29, 1.82) is 0 Å². The monoisotopic (exact) mass is 402 g/mol. The van der Waals surface area contributed by atoms with Crippen molar-refractivity contribution in [1.82, 2.24) is 24.5 Å². The molecule has 0 unspecified atom stereocenters. The number of carbonyl (C=O) groups excluding carboxylic acids is 1. The largest absolute Gasteiger partial charge is 0.310 e. The number of rotatable bonds is 6. The van der Waals surface area contributed by atoms with Crippen LogP contribution in [0.15, 0.2) is 35.5 Å². The van der Waals surface area contributed by atoms with Crippen LogP contribution in [0.4, 0.5) is 5.82 Å². The highest BCUT2D eigenvalue weighted by atomic mass is 35.5. The van der Waals surface area contributed by atoms with E-state index in [1.165, 1.54) is 24.6 Å². The molecule has 9 heteroatoms. The number of aryl methyl sites for hydroxylation is 1. The van der Waals surface area contributed by atoms with Gasteiger partial charge in [-0.2, -0.15) is 5.10 Å². The number of carbonyl (C=O) groups is 1. The molecule has 0 bridgehead atoms. The lowest BCUT2D eigenvalue weighted by molar-refractivity contribution is -0.113. The zero-order chi connectivity index (χ0) is 19.0. The summed E-state index contributed by atoms with van der Waals surface area (Å²) >= 11 is 7.31. The van der Waals surface area contributed by atoms with Gasteiger partial charge in [0, 0.05) is 36.7 Å². The lowest BCUT2D eigenvalue weighted by Crippen LogP contribution is -2.16. The first kappa shape index (κ1) is 18.1. The molecule has 4 rings (SSSR count). The molecule has 1 aliphatic rings. The summed E-state index contributed by atoms with van der Waals surface area (Å²) in [6.07, 6.45) is 2.35. The standard InChI is InChI=1S/C18H19ClN6OS/c1-24-17(12-3-4-12)21-22-18(24)27-10-16(26)20-15-9-14(23-25(15)2)11-5-7-13(19)8-6-11/h5-9,12H,3-4,10H2,1-2H3,(H,20,26). The number of hydrogen-bond acceptors (Lipinski definition) is 5. The van der Waals surface area contributed by atoms with Crippen LogP contribution in [0, 0.1) is 0 Å². The molecule has 1 aliphatic carbocycles. The minimum absolute atomic E-state index is 0.110. The van der Waals surface area contributed by atoms with Crippen LogP contribution in [0.25, 0.3) is 11.3 Å². The third-order valence-electron chi connectivity index (χ3n) is 4.43. The quantitative estimate of drug-likeness (QED) is 0.638. The van der Waals surface area contributed by atoms with Gasteiger partial charge in [-0.15, -0.1) is 10.2 Å². The van der Waals surface area contributed by atoms with E-state index < -0.39 is 0 Å². The van der Waals surface area contributed by atoms with Crippen LogP contribution >= 0.6 is 23.4 Å². The Bertz CT molecular complexity index is 976. The minimum atomic E-state index is -0.110. The Hall–Kier alpha value is -2.32. The van der Waals surface area contributed by atoms with Gasteiger partial charge in [0.1, 0.15) is 11.6 Å². The van der Waals surface area contributed by atoms with Gasteiger partial charge in [0.05, 0.1) is 11.4 Å². The van der Waals surface area contributed by atoms with Crippen molar-refractivity contribution < 1.29 is 4.79 Å². The van der Waals surface area contributed by atoms with Crippen molar-refractivity contribution >= 4 is 35.1 Å². The summed E-state index contributed by atoms with van der Waals surface area (Å²) in [5.74, 6) is 2.34. The highest BCUT2D eigenvalue weighted by Crippen LogP contribution is 2.39. The summed E-state index contributed by atoms with van der Waals surface area (Å²) in [6.45, 7) is 0. The van der Waals surface area contributed by atoms with Crippen molar-refractivity contribution in [3.63, 3.8) is 0 Å². The van der Waals surface area contributed by atoms with E-state index in [1.54, 1.807) is 11.7 Å². The van der Waals surface area contributed by atoms with Crippen molar-refractivity contribution in [3.05, 3.63) is 41.2 Å². The normalized spacial score (nSPS) is 13.7. The van der Waals surface area contributed by atoms with E-state index in [0.717, 1.165) is 22.2 Å². The Morgan fingerprint density at radius 3 is 2.70 bits per heavy atom. The fourth-order valence-electron chi connectivity index (χ4n) is 2.80. The molecule has 1 amide bonds. The van der Waals surface area contributed by atoms with Gasteiger partial charge in [-0.05, 0) is 25.0 Å². The average molecular weight is 403 g/mol. The lowest BCUT2D eigenvalue weighted by atomic mass is 10.1. The summed E-state index contributed by atoms with van der Waals surface area (Å²) in [4.78, 5) is 12.3. The summed E-state index contributed by atoms with van der Waals surface area (Å²) in [6, 6.07) is 9.28. The van der Waals surface area contributed by atoms with E-state index in [-0.39, 0.29) is 11.7 Å². The van der Waals surface area contributed by atoms with Crippen LogP contribution < -0.4 is 5.32 Å². The number of nitrogens with one attached hydrogen (secondary N) is 1. The van der Waals surface area contributed by atoms with Crippen molar-refractivity contribution in [2.24, 2.45) is 14.1 Å². The number of thioether (sulfide) groups is 1. The van der Waals surface area contributed by atoms with Crippen LogP contribution in [0.3, 0.4) is 0 Å². The molecular weight excluding hydrogens is 384 g/mol. The highest BCUT2D eigenvalue weighted by molar-refractivity contribution is 7.99. The maximum Gasteiger partial charge on any atom is 0.235 e. The predicted octanol–water partition coefficient (Wildman–Crippen LogP) is 3.48. The number of aromatic nitrogens is 5. The predicted molar refractivity (Wildman–Crippen MR) is 106 cm³/mol. The smallest absolute Gasteiger partial charge is 0.235 e. The van der Waals surface area contributed by atoms with E-state index >= 15 is 0 Å². The Balaban J connectivity index is 1.39. The molecule has 140 valence electrons. The molecule has 0 saturated heterocycles. The van der Waals surface area contributed by atoms with Crippen LogP contribution in [0.5, 0.6) is 0 Å². The van der Waals surface area contributed by atoms with E-state index in [1.807, 2.05) is 41.9 Å². The van der Waals surface area contributed by atoms with Gasteiger partial charge in [-0.1, -0.05) is 35.5 Å². The fourth-order valence-corrected chi connectivity index (χ4v) is 3.65. The maximum atomic E-state index is 12.3. The number of amides is 1. The van der Waals surface area contributed by atoms with Crippen LogP contribution in [-0.2, 0) is 18.9 Å². The Morgan fingerprint density at radius 2 is 2.00 bits per heavy atom. The highest BCUT2D eigenvalue weighted by Gasteiger charge is 2.29. The van der Waals surface area contributed by atoms with E-state index in [4.69, 9.17) is 11.6 Å². The number of hydrogen-bond donors (Lipinski definition) is 1. The number of halogens is 1. The molecule has 1 saturated carbocycles. The molecule has 0 atom stereocenters. The van der Waals surface area contributed by atoms with Gasteiger partial charge in [0.2, 0.25) is 5.91 Å². The minimum Gasteiger partial charge on any atom is -0.310 e. The van der Waals surface area contributed by atoms with Crippen molar-refractivity contribution in [3.8, 4) is 11.3 Å². The molecule has 0 radical (unpaired) electrons. The molecular formula is C18H19ClN6OS. The second kappa shape index (κ2) is 7.36. The zero-order valence-corrected chi connectivity index (χ0v) is 16.6. The van der Waals surface area contributed by atoms with Gasteiger partial charge in [-0.3, -0.25) is 9.48 Å². The molecule has 7 nitrogen and oxygen atoms in total. The Kier molecular flexibility index (Phi) is 4.92. The Morgan fingerprint density at radius 1 is 1.26 bits per heavy atom. The number of benzene rings is 1. The molecule has 1 aromatic carbocycles. The maximum absolute atomic E-state index is 12.3. The third-order valence-corrected chi connectivity index (χ3v) is 5.70. The molecule has 0 aliphatic heterocycles. The molecule has 27 heavy (non-hydrogen) atoms. The van der Waals surface area contributed by atoms with Gasteiger partial charge in [0.25, 0.3) is 0 Å².